The number of carbonyl (C=O) groups is 1. The fourth-order valence-corrected chi connectivity index (χ4v) is 8.93. The molecule has 1 amide bonds. The molecule has 0 spiro atoms. The maximum atomic E-state index is 13.1. The monoisotopic (exact) mass is 886 g/mol. The Labute approximate surface area is 381 Å². The molecule has 0 aromatic heterocycles. The highest BCUT2D eigenvalue weighted by Crippen LogP contribution is 2.23. The number of hydrogen-bond acceptors (Lipinski definition) is 9. The van der Waals surface area contributed by atoms with Gasteiger partial charge in [-0.25, -0.2) is 0 Å². The summed E-state index contributed by atoms with van der Waals surface area (Å²) in [7, 11) is 0. The average molecular weight is 886 g/mol. The third-order valence-electron chi connectivity index (χ3n) is 13.3. The van der Waals surface area contributed by atoms with E-state index in [1.54, 1.807) is 0 Å². The van der Waals surface area contributed by atoms with E-state index < -0.39 is 61.5 Å². The Hall–Kier alpha value is -0.850. The summed E-state index contributed by atoms with van der Waals surface area (Å²) < 4.78 is 11.2. The number of aliphatic hydroxyl groups is 6. The predicted octanol–water partition coefficient (Wildman–Crippen LogP) is 11.3. The topological polar surface area (TPSA) is 169 Å². The molecule has 0 bridgehead atoms. The molecule has 7 N–H and O–H groups in total. The number of unbranched alkanes of at least 4 members (excludes halogenated alkanes) is 35. The highest BCUT2D eigenvalue weighted by atomic mass is 16.7. The standard InChI is InChI=1S/C52H103NO9/c1-3-5-7-9-11-13-15-17-19-21-22-23-25-27-29-31-33-35-37-39-41-46(56)51(60)53-44(43-61-52-50(59)49(58)48(57)47(42-54)62-52)45(55)40-38-36-34-32-30-28-26-24-20-18-16-14-12-10-8-6-4-2/h44-50,52,54-59H,3-43H2,1-2H3,(H,53,60). The van der Waals surface area contributed by atoms with Gasteiger partial charge < -0.3 is 45.4 Å². The van der Waals surface area contributed by atoms with Crippen molar-refractivity contribution in [3.8, 4) is 0 Å². The van der Waals surface area contributed by atoms with Crippen molar-refractivity contribution in [2.24, 2.45) is 0 Å². The smallest absolute Gasteiger partial charge is 0.249 e. The summed E-state index contributed by atoms with van der Waals surface area (Å²) in [6.45, 7) is 3.71. The molecule has 8 unspecified atom stereocenters. The maximum Gasteiger partial charge on any atom is 0.249 e. The molecule has 62 heavy (non-hydrogen) atoms. The molecular formula is C52H103NO9. The number of amides is 1. The average Bonchev–Trinajstić information content (AvgIpc) is 3.27. The number of nitrogens with one attached hydrogen (secondary N) is 1. The minimum absolute atomic E-state index is 0.249. The summed E-state index contributed by atoms with van der Waals surface area (Å²) in [5.41, 5.74) is 0. The van der Waals surface area contributed by atoms with E-state index in [1.165, 1.54) is 199 Å². The number of aliphatic hydroxyl groups excluding tert-OH is 6. The molecule has 0 aliphatic carbocycles. The van der Waals surface area contributed by atoms with Crippen molar-refractivity contribution in [2.75, 3.05) is 13.2 Å². The zero-order chi connectivity index (χ0) is 45.3. The molecule has 8 atom stereocenters. The summed E-state index contributed by atoms with van der Waals surface area (Å²) in [4.78, 5) is 13.1. The Morgan fingerprint density at radius 3 is 1.15 bits per heavy atom. The fourth-order valence-electron chi connectivity index (χ4n) is 8.93. The summed E-state index contributed by atoms with van der Waals surface area (Å²) in [6, 6.07) is -0.888. The fraction of sp³-hybridized carbons (Fsp3) is 0.981. The van der Waals surface area contributed by atoms with Gasteiger partial charge in [0.25, 0.3) is 0 Å². The maximum absolute atomic E-state index is 13.1. The number of rotatable bonds is 46. The largest absolute Gasteiger partial charge is 0.394 e. The molecule has 1 rings (SSSR count). The molecule has 1 saturated heterocycles. The van der Waals surface area contributed by atoms with Crippen molar-refractivity contribution in [2.45, 2.75) is 313 Å². The molecule has 370 valence electrons. The van der Waals surface area contributed by atoms with Crippen LogP contribution in [0.25, 0.3) is 0 Å². The Bertz CT molecular complexity index is 957. The molecule has 0 aromatic rings. The van der Waals surface area contributed by atoms with Gasteiger partial charge in [0.15, 0.2) is 6.29 Å². The van der Waals surface area contributed by atoms with Crippen LogP contribution in [0.5, 0.6) is 0 Å². The molecular weight excluding hydrogens is 783 g/mol. The van der Waals surface area contributed by atoms with Crippen LogP contribution in [0.15, 0.2) is 0 Å². The first-order valence-electron chi connectivity index (χ1n) is 26.8. The third-order valence-corrected chi connectivity index (χ3v) is 13.3. The Balaban J connectivity index is 2.29. The van der Waals surface area contributed by atoms with E-state index in [1.807, 2.05) is 0 Å². The van der Waals surface area contributed by atoms with Crippen LogP contribution < -0.4 is 5.32 Å². The van der Waals surface area contributed by atoms with Gasteiger partial charge in [0.05, 0.1) is 25.4 Å². The second-order valence-electron chi connectivity index (χ2n) is 19.2. The van der Waals surface area contributed by atoms with Crippen molar-refractivity contribution in [3.63, 3.8) is 0 Å². The minimum atomic E-state index is -1.59. The number of carbonyl (C=O) groups excluding carboxylic acids is 1. The zero-order valence-electron chi connectivity index (χ0n) is 40.5. The van der Waals surface area contributed by atoms with Crippen LogP contribution in [0.3, 0.4) is 0 Å². The third kappa shape index (κ3) is 31.9. The highest BCUT2D eigenvalue weighted by molar-refractivity contribution is 5.80. The second-order valence-corrected chi connectivity index (χ2v) is 19.2. The lowest BCUT2D eigenvalue weighted by molar-refractivity contribution is -0.302. The normalized spacial score (nSPS) is 20.7. The van der Waals surface area contributed by atoms with Crippen LogP contribution in [0.4, 0.5) is 0 Å². The summed E-state index contributed by atoms with van der Waals surface area (Å²) in [6.07, 6.45) is 38.6. The van der Waals surface area contributed by atoms with Gasteiger partial charge >= 0.3 is 0 Å². The quantitative estimate of drug-likeness (QED) is 0.0294. The zero-order valence-corrected chi connectivity index (χ0v) is 40.5. The minimum Gasteiger partial charge on any atom is -0.394 e. The van der Waals surface area contributed by atoms with Crippen LogP contribution in [-0.4, -0.2) is 98.7 Å². The molecule has 0 saturated carbocycles. The predicted molar refractivity (Wildman–Crippen MR) is 255 cm³/mol. The van der Waals surface area contributed by atoms with Crippen LogP contribution in [0.2, 0.25) is 0 Å². The first kappa shape index (κ1) is 59.2. The van der Waals surface area contributed by atoms with Gasteiger partial charge in [-0.05, 0) is 12.8 Å². The van der Waals surface area contributed by atoms with E-state index in [0.29, 0.717) is 12.8 Å². The van der Waals surface area contributed by atoms with Gasteiger partial charge in [0.1, 0.15) is 30.5 Å². The number of ether oxygens (including phenoxy) is 2. The van der Waals surface area contributed by atoms with Crippen molar-refractivity contribution < 1.29 is 44.9 Å². The highest BCUT2D eigenvalue weighted by Gasteiger charge is 2.44. The lowest BCUT2D eigenvalue weighted by atomic mass is 9.99. The van der Waals surface area contributed by atoms with E-state index in [2.05, 4.69) is 19.2 Å². The molecule has 1 aliphatic rings. The van der Waals surface area contributed by atoms with E-state index in [-0.39, 0.29) is 6.61 Å². The first-order valence-corrected chi connectivity index (χ1v) is 26.8. The molecule has 1 aliphatic heterocycles. The summed E-state index contributed by atoms with van der Waals surface area (Å²) >= 11 is 0. The van der Waals surface area contributed by atoms with Crippen molar-refractivity contribution in [1.29, 1.82) is 0 Å². The van der Waals surface area contributed by atoms with Crippen LogP contribution >= 0.6 is 0 Å². The molecule has 10 nitrogen and oxygen atoms in total. The van der Waals surface area contributed by atoms with Gasteiger partial charge in [-0.2, -0.15) is 0 Å². The van der Waals surface area contributed by atoms with E-state index in [9.17, 15) is 35.4 Å². The molecule has 0 aromatic carbocycles. The Morgan fingerprint density at radius 2 is 0.806 bits per heavy atom. The molecule has 10 heteroatoms. The van der Waals surface area contributed by atoms with Gasteiger partial charge in [-0.1, -0.05) is 251 Å². The van der Waals surface area contributed by atoms with Crippen molar-refractivity contribution >= 4 is 5.91 Å². The second kappa shape index (κ2) is 42.8. The summed E-state index contributed by atoms with van der Waals surface area (Å²) in [5, 5.41) is 65.1. The summed E-state index contributed by atoms with van der Waals surface area (Å²) in [5.74, 6) is -0.577. The molecule has 0 radical (unpaired) electrons. The van der Waals surface area contributed by atoms with Crippen LogP contribution in [0, 0.1) is 0 Å². The number of hydrogen-bond donors (Lipinski definition) is 7. The van der Waals surface area contributed by atoms with Gasteiger partial charge in [0.2, 0.25) is 5.91 Å². The van der Waals surface area contributed by atoms with E-state index >= 15 is 0 Å². The lowest BCUT2D eigenvalue weighted by Crippen LogP contribution is -2.60. The van der Waals surface area contributed by atoms with Gasteiger partial charge in [-0.15, -0.1) is 0 Å². The van der Waals surface area contributed by atoms with Gasteiger partial charge in [-0.3, -0.25) is 4.79 Å². The first-order chi connectivity index (χ1) is 30.3. The Morgan fingerprint density at radius 1 is 0.484 bits per heavy atom. The molecule has 1 heterocycles. The van der Waals surface area contributed by atoms with Gasteiger partial charge in [0, 0.05) is 0 Å². The SMILES string of the molecule is CCCCCCCCCCCCCCCCCCCCCCC(O)C(=O)NC(COC1OC(CO)C(O)C(O)C1O)C(O)CCCCCCCCCCCCCCCCCCC. The van der Waals surface area contributed by atoms with Crippen LogP contribution in [-0.2, 0) is 14.3 Å². The Kier molecular flexibility index (Phi) is 40.8. The lowest BCUT2D eigenvalue weighted by Gasteiger charge is -2.40. The molecule has 1 fully saturated rings. The van der Waals surface area contributed by atoms with E-state index in [4.69, 9.17) is 9.47 Å². The van der Waals surface area contributed by atoms with Crippen molar-refractivity contribution in [3.05, 3.63) is 0 Å². The van der Waals surface area contributed by atoms with Crippen molar-refractivity contribution in [1.82, 2.24) is 5.32 Å². The van der Waals surface area contributed by atoms with E-state index in [0.717, 1.165) is 38.5 Å². The van der Waals surface area contributed by atoms with Crippen LogP contribution in [0.1, 0.15) is 264 Å².